The summed E-state index contributed by atoms with van der Waals surface area (Å²) in [7, 11) is 1.97. The fourth-order valence-electron chi connectivity index (χ4n) is 3.03. The summed E-state index contributed by atoms with van der Waals surface area (Å²) in [5.41, 5.74) is -0.318. The predicted octanol–water partition coefficient (Wildman–Crippen LogP) is 3.20. The van der Waals surface area contributed by atoms with Crippen molar-refractivity contribution in [1.82, 2.24) is 15.5 Å². The Bertz CT molecular complexity index is 411. The van der Waals surface area contributed by atoms with Crippen LogP contribution in [-0.2, 0) is 16.8 Å². The van der Waals surface area contributed by atoms with E-state index in [1.165, 1.54) is 25.7 Å². The zero-order valence-corrected chi connectivity index (χ0v) is 13.7. The number of nitrogens with zero attached hydrogens (tertiary/aromatic N) is 2. The standard InChI is InChI=1S/C16H29N3O2/c1-4-20-16(11-7-5-6-8-12-16)15-18-14(21-19-15)10-9-13(2)17-3/h13,17H,4-12H2,1-3H3. The van der Waals surface area contributed by atoms with Crippen LogP contribution >= 0.6 is 0 Å². The van der Waals surface area contributed by atoms with Crippen LogP contribution in [0.15, 0.2) is 4.52 Å². The third-order valence-electron chi connectivity index (χ3n) is 4.49. The van der Waals surface area contributed by atoms with Crippen LogP contribution in [-0.4, -0.2) is 29.8 Å². The molecule has 0 bridgehead atoms. The lowest BCUT2D eigenvalue weighted by molar-refractivity contribution is -0.0636. The fourth-order valence-corrected chi connectivity index (χ4v) is 3.03. The maximum Gasteiger partial charge on any atom is 0.226 e. The van der Waals surface area contributed by atoms with Crippen LogP contribution in [0.5, 0.6) is 0 Å². The summed E-state index contributed by atoms with van der Waals surface area (Å²) in [5, 5.41) is 7.47. The summed E-state index contributed by atoms with van der Waals surface area (Å²) in [6, 6.07) is 0.457. The second-order valence-corrected chi connectivity index (χ2v) is 6.08. The highest BCUT2D eigenvalue weighted by Gasteiger charge is 2.38. The Balaban J connectivity index is 2.08. The van der Waals surface area contributed by atoms with E-state index < -0.39 is 0 Å². The Morgan fingerprint density at radius 1 is 1.29 bits per heavy atom. The Morgan fingerprint density at radius 3 is 2.62 bits per heavy atom. The van der Waals surface area contributed by atoms with Crippen molar-refractivity contribution in [2.24, 2.45) is 0 Å². The molecule has 120 valence electrons. The van der Waals surface area contributed by atoms with Crippen LogP contribution < -0.4 is 5.32 Å². The summed E-state index contributed by atoms with van der Waals surface area (Å²) < 4.78 is 11.6. The van der Waals surface area contributed by atoms with Gasteiger partial charge in [0.15, 0.2) is 0 Å². The van der Waals surface area contributed by atoms with Crippen LogP contribution in [0.2, 0.25) is 0 Å². The highest BCUT2D eigenvalue weighted by atomic mass is 16.5. The van der Waals surface area contributed by atoms with E-state index in [0.717, 1.165) is 37.4 Å². The van der Waals surface area contributed by atoms with Crippen LogP contribution in [0.1, 0.15) is 70.5 Å². The molecule has 5 heteroatoms. The van der Waals surface area contributed by atoms with Crippen molar-refractivity contribution in [2.45, 2.75) is 76.9 Å². The Morgan fingerprint density at radius 2 is 2.00 bits per heavy atom. The molecule has 0 spiro atoms. The molecule has 1 unspecified atom stereocenters. The molecule has 0 amide bonds. The average Bonchev–Trinajstić information content (AvgIpc) is 2.85. The number of hydrogen-bond donors (Lipinski definition) is 1. The highest BCUT2D eigenvalue weighted by molar-refractivity contribution is 5.03. The molecule has 0 aliphatic heterocycles. The van der Waals surface area contributed by atoms with Gasteiger partial charge in [0.2, 0.25) is 11.7 Å². The van der Waals surface area contributed by atoms with Gasteiger partial charge in [-0.2, -0.15) is 4.98 Å². The molecule has 1 aromatic heterocycles. The van der Waals surface area contributed by atoms with Gasteiger partial charge in [-0.25, -0.2) is 0 Å². The lowest BCUT2D eigenvalue weighted by Gasteiger charge is -2.29. The number of hydrogen-bond acceptors (Lipinski definition) is 5. The van der Waals surface area contributed by atoms with E-state index in [1.54, 1.807) is 0 Å². The monoisotopic (exact) mass is 295 g/mol. The molecule has 1 atom stereocenters. The van der Waals surface area contributed by atoms with E-state index in [2.05, 4.69) is 22.4 Å². The summed E-state index contributed by atoms with van der Waals surface area (Å²) in [4.78, 5) is 4.64. The SMILES string of the molecule is CCOC1(c2noc(CCC(C)NC)n2)CCCCCC1. The number of nitrogens with one attached hydrogen (secondary N) is 1. The summed E-state index contributed by atoms with van der Waals surface area (Å²) in [6.07, 6.45) is 8.75. The zero-order valence-electron chi connectivity index (χ0n) is 13.7. The van der Waals surface area contributed by atoms with Gasteiger partial charge >= 0.3 is 0 Å². The van der Waals surface area contributed by atoms with Crippen LogP contribution in [0.25, 0.3) is 0 Å². The van der Waals surface area contributed by atoms with Crippen molar-refractivity contribution >= 4 is 0 Å². The highest BCUT2D eigenvalue weighted by Crippen LogP contribution is 2.38. The van der Waals surface area contributed by atoms with E-state index in [-0.39, 0.29) is 5.60 Å². The second-order valence-electron chi connectivity index (χ2n) is 6.08. The minimum Gasteiger partial charge on any atom is -0.367 e. The number of aryl methyl sites for hydroxylation is 1. The van der Waals surface area contributed by atoms with Crippen molar-refractivity contribution in [3.05, 3.63) is 11.7 Å². The summed E-state index contributed by atoms with van der Waals surface area (Å²) in [5.74, 6) is 1.49. The van der Waals surface area contributed by atoms with Crippen molar-refractivity contribution in [1.29, 1.82) is 0 Å². The molecule has 1 heterocycles. The first-order valence-electron chi connectivity index (χ1n) is 8.34. The number of ether oxygens (including phenoxy) is 1. The van der Waals surface area contributed by atoms with Gasteiger partial charge in [0, 0.05) is 19.1 Å². The summed E-state index contributed by atoms with van der Waals surface area (Å²) in [6.45, 7) is 4.90. The molecule has 1 aromatic rings. The van der Waals surface area contributed by atoms with Gasteiger partial charge in [-0.15, -0.1) is 0 Å². The Hall–Kier alpha value is -0.940. The molecule has 0 saturated heterocycles. The Kier molecular flexibility index (Phi) is 6.18. The molecule has 0 radical (unpaired) electrons. The largest absolute Gasteiger partial charge is 0.367 e. The van der Waals surface area contributed by atoms with Gasteiger partial charge in [-0.3, -0.25) is 0 Å². The average molecular weight is 295 g/mol. The van der Waals surface area contributed by atoms with Gasteiger partial charge in [-0.1, -0.05) is 30.8 Å². The molecule has 2 rings (SSSR count). The summed E-state index contributed by atoms with van der Waals surface area (Å²) >= 11 is 0. The minimum atomic E-state index is -0.318. The molecule has 1 aliphatic rings. The zero-order chi connectivity index (χ0) is 15.1. The van der Waals surface area contributed by atoms with Gasteiger partial charge < -0.3 is 14.6 Å². The number of rotatable bonds is 7. The third kappa shape index (κ3) is 4.27. The molecule has 1 fully saturated rings. The molecular weight excluding hydrogens is 266 g/mol. The lowest BCUT2D eigenvalue weighted by atomic mass is 9.93. The lowest BCUT2D eigenvalue weighted by Crippen LogP contribution is -2.30. The van der Waals surface area contributed by atoms with Gasteiger partial charge in [0.1, 0.15) is 5.60 Å². The topological polar surface area (TPSA) is 60.2 Å². The van der Waals surface area contributed by atoms with E-state index in [1.807, 2.05) is 14.0 Å². The molecule has 5 nitrogen and oxygen atoms in total. The quantitative estimate of drug-likeness (QED) is 0.783. The maximum atomic E-state index is 6.10. The predicted molar refractivity (Wildman–Crippen MR) is 82.1 cm³/mol. The Labute approximate surface area is 127 Å². The minimum absolute atomic E-state index is 0.318. The van der Waals surface area contributed by atoms with Gasteiger partial charge in [-0.05, 0) is 40.2 Å². The first-order chi connectivity index (χ1) is 10.2. The molecule has 1 saturated carbocycles. The smallest absolute Gasteiger partial charge is 0.226 e. The van der Waals surface area contributed by atoms with Crippen molar-refractivity contribution in [3.63, 3.8) is 0 Å². The van der Waals surface area contributed by atoms with Crippen LogP contribution in [0.4, 0.5) is 0 Å². The van der Waals surface area contributed by atoms with E-state index in [0.29, 0.717) is 12.6 Å². The first-order valence-corrected chi connectivity index (χ1v) is 8.34. The van der Waals surface area contributed by atoms with Crippen molar-refractivity contribution < 1.29 is 9.26 Å². The second kappa shape index (κ2) is 7.90. The molecular formula is C16H29N3O2. The van der Waals surface area contributed by atoms with E-state index in [4.69, 9.17) is 9.26 Å². The molecule has 1 N–H and O–H groups in total. The van der Waals surface area contributed by atoms with Gasteiger partial charge in [0.25, 0.3) is 0 Å². The van der Waals surface area contributed by atoms with Gasteiger partial charge in [0.05, 0.1) is 0 Å². The van der Waals surface area contributed by atoms with Crippen LogP contribution in [0.3, 0.4) is 0 Å². The van der Waals surface area contributed by atoms with Crippen molar-refractivity contribution in [2.75, 3.05) is 13.7 Å². The number of aromatic nitrogens is 2. The fraction of sp³-hybridized carbons (Fsp3) is 0.875. The maximum absolute atomic E-state index is 6.10. The first kappa shape index (κ1) is 16.4. The molecule has 1 aliphatic carbocycles. The van der Waals surface area contributed by atoms with E-state index in [9.17, 15) is 0 Å². The third-order valence-corrected chi connectivity index (χ3v) is 4.49. The normalized spacial score (nSPS) is 20.1. The molecule has 0 aromatic carbocycles. The molecule has 21 heavy (non-hydrogen) atoms. The van der Waals surface area contributed by atoms with E-state index >= 15 is 0 Å². The van der Waals surface area contributed by atoms with Crippen molar-refractivity contribution in [3.8, 4) is 0 Å². The van der Waals surface area contributed by atoms with Crippen LogP contribution in [0, 0.1) is 0 Å².